The standard InChI is InChI=1S/C26H30FN3O3S/c1-33-19-8-9-24-21(15-19)20(23(27)16-29-24)6-4-5-18-10-12-30(17-22(18)26(31)32)13-14-34-25-7-2-3-11-28-25/h2-3,7-9,11,15-16,18,22H,4-6,10,12-14,17H2,1H3,(H,31,32). The van der Waals surface area contributed by atoms with E-state index in [0.717, 1.165) is 54.0 Å². The summed E-state index contributed by atoms with van der Waals surface area (Å²) in [7, 11) is 1.59. The van der Waals surface area contributed by atoms with Crippen LogP contribution in [0.4, 0.5) is 4.39 Å². The molecule has 2 atom stereocenters. The highest BCUT2D eigenvalue weighted by Gasteiger charge is 2.33. The normalized spacial score (nSPS) is 18.8. The number of hydrogen-bond donors (Lipinski definition) is 1. The van der Waals surface area contributed by atoms with Gasteiger partial charge in [0.25, 0.3) is 0 Å². The van der Waals surface area contributed by atoms with Crippen molar-refractivity contribution in [1.29, 1.82) is 0 Å². The lowest BCUT2D eigenvalue weighted by atomic mass is 9.81. The van der Waals surface area contributed by atoms with Crippen molar-refractivity contribution in [2.75, 3.05) is 32.5 Å². The van der Waals surface area contributed by atoms with Gasteiger partial charge in [-0.15, -0.1) is 11.8 Å². The zero-order chi connectivity index (χ0) is 23.9. The first-order valence-electron chi connectivity index (χ1n) is 11.6. The third-order valence-electron chi connectivity index (χ3n) is 6.59. The van der Waals surface area contributed by atoms with Crippen molar-refractivity contribution in [3.05, 3.63) is 60.2 Å². The number of pyridine rings is 2. The summed E-state index contributed by atoms with van der Waals surface area (Å²) >= 11 is 1.69. The number of carboxylic acids is 1. The number of carbonyl (C=O) groups is 1. The number of halogens is 1. The SMILES string of the molecule is COc1ccc2ncc(F)c(CCCC3CCN(CCSc4ccccn4)CC3C(=O)O)c2c1. The van der Waals surface area contributed by atoms with E-state index in [1.807, 2.05) is 36.4 Å². The van der Waals surface area contributed by atoms with Crippen LogP contribution in [0, 0.1) is 17.7 Å². The molecule has 180 valence electrons. The predicted octanol–water partition coefficient (Wildman–Crippen LogP) is 4.92. The first kappa shape index (κ1) is 24.4. The number of benzene rings is 1. The Hall–Kier alpha value is -2.71. The summed E-state index contributed by atoms with van der Waals surface area (Å²) in [5.41, 5.74) is 1.36. The van der Waals surface area contributed by atoms with E-state index in [-0.39, 0.29) is 11.7 Å². The summed E-state index contributed by atoms with van der Waals surface area (Å²) in [6.45, 7) is 2.29. The van der Waals surface area contributed by atoms with Crippen LogP contribution in [0.1, 0.15) is 24.8 Å². The molecule has 6 nitrogen and oxygen atoms in total. The van der Waals surface area contributed by atoms with E-state index in [0.29, 0.717) is 24.3 Å². The fraction of sp³-hybridized carbons (Fsp3) is 0.423. The van der Waals surface area contributed by atoms with Crippen molar-refractivity contribution in [3.63, 3.8) is 0 Å². The quantitative estimate of drug-likeness (QED) is 0.411. The van der Waals surface area contributed by atoms with Gasteiger partial charge in [-0.25, -0.2) is 9.37 Å². The molecule has 1 N–H and O–H groups in total. The van der Waals surface area contributed by atoms with E-state index in [2.05, 4.69) is 14.9 Å². The third kappa shape index (κ3) is 6.04. The Kier molecular flexibility index (Phi) is 8.34. The maximum atomic E-state index is 14.6. The molecule has 2 aromatic heterocycles. The van der Waals surface area contributed by atoms with E-state index in [9.17, 15) is 14.3 Å². The molecule has 3 heterocycles. The molecular weight excluding hydrogens is 453 g/mol. The summed E-state index contributed by atoms with van der Waals surface area (Å²) in [6.07, 6.45) is 5.94. The van der Waals surface area contributed by atoms with Gasteiger partial charge in [0.05, 0.1) is 29.8 Å². The van der Waals surface area contributed by atoms with Gasteiger partial charge < -0.3 is 14.7 Å². The Morgan fingerprint density at radius 2 is 2.18 bits per heavy atom. The number of fused-ring (bicyclic) bond motifs is 1. The number of aliphatic carboxylic acids is 1. The third-order valence-corrected chi connectivity index (χ3v) is 7.51. The van der Waals surface area contributed by atoms with Crippen LogP contribution in [0.15, 0.2) is 53.8 Å². The average molecular weight is 484 g/mol. The minimum atomic E-state index is -0.739. The zero-order valence-corrected chi connectivity index (χ0v) is 20.1. The highest BCUT2D eigenvalue weighted by Crippen LogP contribution is 2.31. The molecule has 1 aliphatic rings. The molecule has 0 aliphatic carbocycles. The van der Waals surface area contributed by atoms with E-state index >= 15 is 0 Å². The number of thioether (sulfide) groups is 1. The zero-order valence-electron chi connectivity index (χ0n) is 19.3. The second-order valence-electron chi connectivity index (χ2n) is 8.67. The number of hydrogen-bond acceptors (Lipinski definition) is 6. The molecule has 1 fully saturated rings. The van der Waals surface area contributed by atoms with Crippen LogP contribution in [0.2, 0.25) is 0 Å². The molecule has 1 aromatic carbocycles. The van der Waals surface area contributed by atoms with Crippen molar-refractivity contribution in [1.82, 2.24) is 14.9 Å². The smallest absolute Gasteiger partial charge is 0.308 e. The van der Waals surface area contributed by atoms with Gasteiger partial charge >= 0.3 is 5.97 Å². The topological polar surface area (TPSA) is 75.5 Å². The number of carboxylic acid groups (broad SMARTS) is 1. The lowest BCUT2D eigenvalue weighted by molar-refractivity contribution is -0.146. The predicted molar refractivity (Wildman–Crippen MR) is 132 cm³/mol. The number of nitrogens with zero attached hydrogens (tertiary/aromatic N) is 3. The molecule has 8 heteroatoms. The first-order chi connectivity index (χ1) is 16.5. The van der Waals surface area contributed by atoms with Crippen molar-refractivity contribution in [2.24, 2.45) is 11.8 Å². The number of ether oxygens (including phenoxy) is 1. The lowest BCUT2D eigenvalue weighted by Gasteiger charge is -2.36. The molecule has 1 saturated heterocycles. The number of likely N-dealkylation sites (tertiary alicyclic amines) is 1. The Labute approximate surface area is 203 Å². The van der Waals surface area contributed by atoms with Gasteiger partial charge in [0.1, 0.15) is 11.6 Å². The van der Waals surface area contributed by atoms with Gasteiger partial charge in [-0.05, 0) is 74.0 Å². The van der Waals surface area contributed by atoms with Gasteiger partial charge in [-0.1, -0.05) is 6.07 Å². The fourth-order valence-electron chi connectivity index (χ4n) is 4.73. The summed E-state index contributed by atoms with van der Waals surface area (Å²) in [5.74, 6) is 0.190. The van der Waals surface area contributed by atoms with Crippen LogP contribution in [0.5, 0.6) is 5.75 Å². The van der Waals surface area contributed by atoms with E-state index < -0.39 is 11.9 Å². The summed E-state index contributed by atoms with van der Waals surface area (Å²) in [6, 6.07) is 11.3. The van der Waals surface area contributed by atoms with E-state index in [4.69, 9.17) is 4.74 Å². The van der Waals surface area contributed by atoms with Gasteiger partial charge in [0.2, 0.25) is 0 Å². The minimum Gasteiger partial charge on any atom is -0.497 e. The largest absolute Gasteiger partial charge is 0.497 e. The molecule has 0 amide bonds. The second-order valence-corrected chi connectivity index (χ2v) is 9.79. The molecule has 4 rings (SSSR count). The molecule has 34 heavy (non-hydrogen) atoms. The molecule has 0 radical (unpaired) electrons. The van der Waals surface area contributed by atoms with Crippen molar-refractivity contribution < 1.29 is 19.0 Å². The molecule has 1 aliphatic heterocycles. The number of piperidine rings is 1. The average Bonchev–Trinajstić information content (AvgIpc) is 2.86. The number of aryl methyl sites for hydroxylation is 1. The monoisotopic (exact) mass is 483 g/mol. The summed E-state index contributed by atoms with van der Waals surface area (Å²) < 4.78 is 19.9. The number of methoxy groups -OCH3 is 1. The maximum Gasteiger partial charge on any atom is 0.308 e. The Bertz CT molecular complexity index is 1120. The summed E-state index contributed by atoms with van der Waals surface area (Å²) in [4.78, 5) is 22.8. The Morgan fingerprint density at radius 1 is 1.29 bits per heavy atom. The van der Waals surface area contributed by atoms with Crippen LogP contribution in [0.25, 0.3) is 10.9 Å². The molecule has 3 aromatic rings. The molecule has 2 unspecified atom stereocenters. The number of aromatic nitrogens is 2. The summed E-state index contributed by atoms with van der Waals surface area (Å²) in [5, 5.41) is 11.6. The van der Waals surface area contributed by atoms with Crippen LogP contribution in [0.3, 0.4) is 0 Å². The van der Waals surface area contributed by atoms with Crippen LogP contribution >= 0.6 is 11.8 Å². The Morgan fingerprint density at radius 3 is 2.94 bits per heavy atom. The van der Waals surface area contributed by atoms with Crippen LogP contribution in [-0.2, 0) is 11.2 Å². The number of rotatable bonds is 10. The Balaban J connectivity index is 1.32. The molecule has 0 saturated carbocycles. The second kappa shape index (κ2) is 11.6. The highest BCUT2D eigenvalue weighted by molar-refractivity contribution is 7.99. The van der Waals surface area contributed by atoms with Gasteiger partial charge in [-0.3, -0.25) is 9.78 Å². The highest BCUT2D eigenvalue weighted by atomic mass is 32.2. The minimum absolute atomic E-state index is 0.0999. The van der Waals surface area contributed by atoms with E-state index in [1.54, 1.807) is 25.1 Å². The molecular formula is C26H30FN3O3S. The van der Waals surface area contributed by atoms with Gasteiger partial charge in [-0.2, -0.15) is 0 Å². The van der Waals surface area contributed by atoms with Gasteiger partial charge in [0.15, 0.2) is 0 Å². The fourth-order valence-corrected chi connectivity index (χ4v) is 5.60. The molecule has 0 bridgehead atoms. The van der Waals surface area contributed by atoms with E-state index in [1.165, 1.54) is 6.20 Å². The van der Waals surface area contributed by atoms with Gasteiger partial charge in [0, 0.05) is 30.4 Å². The van der Waals surface area contributed by atoms with Crippen molar-refractivity contribution in [2.45, 2.75) is 30.7 Å². The van der Waals surface area contributed by atoms with Crippen molar-refractivity contribution >= 4 is 28.6 Å². The van der Waals surface area contributed by atoms with Crippen LogP contribution < -0.4 is 4.74 Å². The molecule has 0 spiro atoms. The lowest BCUT2D eigenvalue weighted by Crippen LogP contribution is -2.44. The maximum absolute atomic E-state index is 14.6. The van der Waals surface area contributed by atoms with Crippen LogP contribution in [-0.4, -0.2) is 58.4 Å². The first-order valence-corrected chi connectivity index (χ1v) is 12.6. The van der Waals surface area contributed by atoms with Crippen molar-refractivity contribution in [3.8, 4) is 5.75 Å².